The van der Waals surface area contributed by atoms with Gasteiger partial charge < -0.3 is 24.4 Å². The normalized spacial score (nSPS) is 14.2. The lowest BCUT2D eigenvalue weighted by Gasteiger charge is -2.18. The van der Waals surface area contributed by atoms with Crippen molar-refractivity contribution in [3.8, 4) is 0 Å². The summed E-state index contributed by atoms with van der Waals surface area (Å²) in [5, 5.41) is 9.78. The Morgan fingerprint density at radius 2 is 1.10 bits per heavy atom. The third-order valence-corrected chi connectivity index (χ3v) is 7.64. The predicted molar refractivity (Wildman–Crippen MR) is 208 cm³/mol. The van der Waals surface area contributed by atoms with Crippen molar-refractivity contribution in [2.45, 2.75) is 135 Å². The van der Waals surface area contributed by atoms with E-state index in [0.717, 1.165) is 77.0 Å². The number of ether oxygens (including phenoxy) is 2. The molecule has 0 saturated carbocycles. The second-order valence-electron chi connectivity index (χ2n) is 12.0. The lowest BCUT2D eigenvalue weighted by Crippen LogP contribution is -2.29. The van der Waals surface area contributed by atoms with Crippen LogP contribution in [0.25, 0.3) is 0 Å². The highest BCUT2D eigenvalue weighted by Gasteiger charge is 2.22. The molecule has 288 valence electrons. The molecule has 0 aliphatic heterocycles. The summed E-state index contributed by atoms with van der Waals surface area (Å²) in [5.74, 6) is -1.03. The van der Waals surface area contributed by atoms with E-state index in [4.69, 9.17) is 19.3 Å². The first-order valence-corrected chi connectivity index (χ1v) is 20.2. The highest BCUT2D eigenvalue weighted by Crippen LogP contribution is 2.35. The van der Waals surface area contributed by atoms with E-state index in [1.807, 2.05) is 24.3 Å². The van der Waals surface area contributed by atoms with Crippen LogP contribution < -0.4 is 0 Å². The van der Waals surface area contributed by atoms with Crippen LogP contribution in [0.3, 0.4) is 0 Å². The molecule has 0 aromatic carbocycles. The van der Waals surface area contributed by atoms with Crippen LogP contribution in [0.2, 0.25) is 0 Å². The van der Waals surface area contributed by atoms with Gasteiger partial charge in [-0.25, -0.2) is 4.57 Å². The Kier molecular flexibility index (Phi) is 33.2. The summed E-state index contributed by atoms with van der Waals surface area (Å²) in [5.41, 5.74) is 0. The maximum Gasteiger partial charge on any atom is 0.469 e. The van der Waals surface area contributed by atoms with Crippen molar-refractivity contribution in [3.05, 3.63) is 97.2 Å². The fourth-order valence-corrected chi connectivity index (χ4v) is 4.73. The van der Waals surface area contributed by atoms with Crippen molar-refractivity contribution in [2.75, 3.05) is 13.2 Å². The van der Waals surface area contributed by atoms with E-state index in [0.29, 0.717) is 19.3 Å². The first-order valence-electron chi connectivity index (χ1n) is 18.6. The van der Waals surface area contributed by atoms with Gasteiger partial charge in [-0.1, -0.05) is 124 Å². The quantitative estimate of drug-likeness (QED) is 0.0267. The van der Waals surface area contributed by atoms with E-state index >= 15 is 0 Å². The van der Waals surface area contributed by atoms with E-state index in [2.05, 4.69) is 91.3 Å². The summed E-state index contributed by atoms with van der Waals surface area (Å²) in [6.45, 7) is 3.30. The Morgan fingerprint density at radius 1 is 0.608 bits per heavy atom. The minimum Gasteiger partial charge on any atom is -0.462 e. The Bertz CT molecular complexity index is 1160. The number of aliphatic hydroxyl groups excluding tert-OH is 1. The van der Waals surface area contributed by atoms with E-state index in [9.17, 15) is 19.3 Å². The Balaban J connectivity index is 4.21. The van der Waals surface area contributed by atoms with E-state index in [1.165, 1.54) is 0 Å². The molecule has 0 amide bonds. The molecule has 0 spiro atoms. The van der Waals surface area contributed by atoms with Crippen molar-refractivity contribution in [3.63, 3.8) is 0 Å². The molecule has 0 bridgehead atoms. The van der Waals surface area contributed by atoms with Gasteiger partial charge in [-0.2, -0.15) is 0 Å². The summed E-state index contributed by atoms with van der Waals surface area (Å²) in [6, 6.07) is 0. The number of esters is 2. The molecule has 51 heavy (non-hydrogen) atoms. The highest BCUT2D eigenvalue weighted by atomic mass is 31.2. The zero-order valence-electron chi connectivity index (χ0n) is 31.1. The maximum atomic E-state index is 12.3. The van der Waals surface area contributed by atoms with Gasteiger partial charge in [0.05, 0.1) is 12.7 Å². The topological polar surface area (TPSA) is 140 Å². The van der Waals surface area contributed by atoms with Crippen LogP contribution in [0.15, 0.2) is 97.2 Å². The van der Waals surface area contributed by atoms with Gasteiger partial charge in [0.15, 0.2) is 6.10 Å². The Hall–Kier alpha value is -3.07. The number of aliphatic hydroxyl groups is 1. The van der Waals surface area contributed by atoms with E-state index in [1.54, 1.807) is 0 Å². The van der Waals surface area contributed by atoms with Crippen LogP contribution in [0.1, 0.15) is 123 Å². The minimum absolute atomic E-state index is 0.104. The summed E-state index contributed by atoms with van der Waals surface area (Å²) in [7, 11) is -4.79. The molecular weight excluding hydrogens is 667 g/mol. The fourth-order valence-electron chi connectivity index (χ4n) is 4.37. The lowest BCUT2D eigenvalue weighted by molar-refractivity contribution is -0.161. The van der Waals surface area contributed by atoms with Gasteiger partial charge in [0.1, 0.15) is 6.61 Å². The average Bonchev–Trinajstić information content (AvgIpc) is 3.09. The molecule has 0 rings (SSSR count). The lowest BCUT2D eigenvalue weighted by atomic mass is 10.1. The molecule has 0 aliphatic carbocycles. The standard InChI is InChI=1S/C41H65O9P/c1-3-5-7-8-9-10-11-12-13-14-18-21-24-27-30-34-40(43)48-36-39(37-49-51(45,46)47)50-41(44)35-31-28-25-22-19-16-15-17-20-23-26-29-33-38(42)32-6-4-2/h5,7,9-10,12-13,15-16,18,20-23,25,29,33,38-39,42H,3-4,6,8,11,14,17,19,24,26-28,30-32,34-37H2,1-2H3,(H2,45,46,47)/b7-5-,10-9-,13-12-,16-15-,21-18-,23-20-,25-22-,33-29-/t38-,39-/m1/s1. The van der Waals surface area contributed by atoms with Gasteiger partial charge in [-0.05, 0) is 83.5 Å². The monoisotopic (exact) mass is 732 g/mol. The van der Waals surface area contributed by atoms with Crippen molar-refractivity contribution < 1.29 is 43.0 Å². The molecule has 0 unspecified atom stereocenters. The molecule has 0 aromatic heterocycles. The van der Waals surface area contributed by atoms with Gasteiger partial charge in [-0.15, -0.1) is 0 Å². The number of unbranched alkanes of at least 4 members (excludes halogenated alkanes) is 4. The summed E-state index contributed by atoms with van der Waals surface area (Å²) in [6.07, 6.45) is 44.7. The molecule has 0 fully saturated rings. The molecule has 0 heterocycles. The minimum atomic E-state index is -4.79. The average molecular weight is 733 g/mol. The van der Waals surface area contributed by atoms with Gasteiger partial charge >= 0.3 is 19.8 Å². The van der Waals surface area contributed by atoms with Crippen molar-refractivity contribution in [1.29, 1.82) is 0 Å². The molecule has 0 radical (unpaired) electrons. The number of rotatable bonds is 32. The predicted octanol–water partition coefficient (Wildman–Crippen LogP) is 10.0. The van der Waals surface area contributed by atoms with Gasteiger partial charge in [0.2, 0.25) is 0 Å². The molecule has 10 heteroatoms. The SMILES string of the molecule is CC/C=C\C/C=C\C/C=C\C/C=C\CCCCC(=O)OC[C@H](COP(=O)(O)O)OC(=O)CCC/C=C\C/C=C\C/C=C\C/C=C\[C@H](O)CCCC. The second-order valence-corrected chi connectivity index (χ2v) is 13.2. The number of carbonyl (C=O) groups is 2. The van der Waals surface area contributed by atoms with Crippen LogP contribution in [-0.2, 0) is 28.2 Å². The number of phosphoric ester groups is 1. The number of allylic oxidation sites excluding steroid dienone is 15. The highest BCUT2D eigenvalue weighted by molar-refractivity contribution is 7.46. The Labute approximate surface area is 307 Å². The summed E-state index contributed by atoms with van der Waals surface area (Å²) in [4.78, 5) is 42.7. The number of phosphoric acid groups is 1. The van der Waals surface area contributed by atoms with Gasteiger partial charge in [0.25, 0.3) is 0 Å². The van der Waals surface area contributed by atoms with Crippen LogP contribution in [0.5, 0.6) is 0 Å². The first-order chi connectivity index (χ1) is 24.7. The largest absolute Gasteiger partial charge is 0.469 e. The Morgan fingerprint density at radius 3 is 1.63 bits per heavy atom. The van der Waals surface area contributed by atoms with Crippen molar-refractivity contribution in [2.24, 2.45) is 0 Å². The first kappa shape index (κ1) is 47.9. The van der Waals surface area contributed by atoms with E-state index in [-0.39, 0.29) is 25.6 Å². The molecule has 0 aliphatic rings. The summed E-state index contributed by atoms with van der Waals surface area (Å²) < 4.78 is 26.2. The van der Waals surface area contributed by atoms with E-state index < -0.39 is 32.5 Å². The van der Waals surface area contributed by atoms with Gasteiger partial charge in [0, 0.05) is 12.8 Å². The van der Waals surface area contributed by atoms with Crippen LogP contribution in [0, 0.1) is 0 Å². The molecular formula is C41H65O9P. The zero-order valence-corrected chi connectivity index (χ0v) is 32.0. The third kappa shape index (κ3) is 38.0. The zero-order chi connectivity index (χ0) is 37.7. The second kappa shape index (κ2) is 35.3. The number of hydrogen-bond donors (Lipinski definition) is 3. The molecule has 3 N–H and O–H groups in total. The summed E-state index contributed by atoms with van der Waals surface area (Å²) >= 11 is 0. The van der Waals surface area contributed by atoms with Gasteiger partial charge in [-0.3, -0.25) is 14.1 Å². The number of hydrogen-bond acceptors (Lipinski definition) is 7. The van der Waals surface area contributed by atoms with Crippen LogP contribution >= 0.6 is 7.82 Å². The van der Waals surface area contributed by atoms with Crippen molar-refractivity contribution in [1.82, 2.24) is 0 Å². The molecule has 2 atom stereocenters. The third-order valence-electron chi connectivity index (χ3n) is 7.16. The smallest absolute Gasteiger partial charge is 0.462 e. The van der Waals surface area contributed by atoms with Crippen LogP contribution in [0.4, 0.5) is 0 Å². The maximum absolute atomic E-state index is 12.3. The van der Waals surface area contributed by atoms with Crippen molar-refractivity contribution >= 4 is 19.8 Å². The fraction of sp³-hybridized carbons (Fsp3) is 0.561. The molecule has 9 nitrogen and oxygen atoms in total. The molecule has 0 aromatic rings. The van der Waals surface area contributed by atoms with Crippen LogP contribution in [-0.4, -0.2) is 52.3 Å². The number of carbonyl (C=O) groups excluding carboxylic acids is 2. The molecule has 0 saturated heterocycles.